The number of rotatable bonds is 11. The van der Waals surface area contributed by atoms with E-state index in [0.29, 0.717) is 0 Å². The van der Waals surface area contributed by atoms with Crippen molar-refractivity contribution in [2.45, 2.75) is 82.1 Å². The molecule has 0 N–H and O–H groups in total. The second-order valence-corrected chi connectivity index (χ2v) is 17.3. The lowest BCUT2D eigenvalue weighted by molar-refractivity contribution is 1.17. The Morgan fingerprint density at radius 2 is 0.971 bits per heavy atom. The molecule has 8 aromatic rings. The van der Waals surface area contributed by atoms with Crippen molar-refractivity contribution < 1.29 is 0 Å². The monoisotopic (exact) mass is 889 g/mol. The molecule has 0 saturated heterocycles. The van der Waals surface area contributed by atoms with Crippen LogP contribution in [-0.2, 0) is 6.42 Å². The maximum absolute atomic E-state index is 3.97. The van der Waals surface area contributed by atoms with Crippen LogP contribution in [0, 0.1) is 34.6 Å². The van der Waals surface area contributed by atoms with Crippen molar-refractivity contribution in [1.29, 1.82) is 0 Å². The Kier molecular flexibility index (Phi) is 20.3. The van der Waals surface area contributed by atoms with E-state index in [0.717, 1.165) is 12.8 Å². The van der Waals surface area contributed by atoms with E-state index in [1.54, 1.807) is 0 Å². The molecule has 0 radical (unpaired) electrons. The Labute approximate surface area is 410 Å². The van der Waals surface area contributed by atoms with Gasteiger partial charge in [0.2, 0.25) is 0 Å². The number of allylic oxidation sites excluding steroid dienone is 6. The summed E-state index contributed by atoms with van der Waals surface area (Å²) in [6.45, 7) is 25.4. The summed E-state index contributed by atoms with van der Waals surface area (Å²) in [5.41, 5.74) is 24.7. The molecule has 0 aliphatic carbocycles. The van der Waals surface area contributed by atoms with E-state index in [9.17, 15) is 0 Å². The first-order valence-corrected chi connectivity index (χ1v) is 24.3. The van der Waals surface area contributed by atoms with E-state index >= 15 is 0 Å². The lowest BCUT2D eigenvalue weighted by Gasteiger charge is -2.16. The van der Waals surface area contributed by atoms with E-state index in [1.165, 1.54) is 106 Å². The molecule has 0 heteroatoms. The zero-order valence-electron chi connectivity index (χ0n) is 42.4. The van der Waals surface area contributed by atoms with E-state index in [2.05, 4.69) is 256 Å². The average Bonchev–Trinajstić information content (AvgIpc) is 3.36. The molecule has 8 rings (SSSR count). The zero-order valence-corrected chi connectivity index (χ0v) is 42.4. The molecule has 0 bridgehead atoms. The molecule has 0 unspecified atom stereocenters. The Morgan fingerprint density at radius 3 is 1.47 bits per heavy atom. The van der Waals surface area contributed by atoms with Gasteiger partial charge in [-0.15, -0.1) is 0 Å². The smallest absolute Gasteiger partial charge is 0.00134 e. The van der Waals surface area contributed by atoms with Gasteiger partial charge in [-0.2, -0.15) is 0 Å². The molecule has 0 aliphatic heterocycles. The predicted molar refractivity (Wildman–Crippen MR) is 302 cm³/mol. The van der Waals surface area contributed by atoms with Gasteiger partial charge in [-0.1, -0.05) is 257 Å². The van der Waals surface area contributed by atoms with Gasteiger partial charge in [0.1, 0.15) is 0 Å². The summed E-state index contributed by atoms with van der Waals surface area (Å²) in [5.74, 6) is 0. The van der Waals surface area contributed by atoms with E-state index in [-0.39, 0.29) is 0 Å². The quantitative estimate of drug-likeness (QED) is 0.114. The Balaban J connectivity index is 0.000000233. The van der Waals surface area contributed by atoms with Crippen LogP contribution in [0.2, 0.25) is 0 Å². The molecular formula is C68H72. The third-order valence-corrected chi connectivity index (χ3v) is 12.0. The van der Waals surface area contributed by atoms with Crippen LogP contribution in [0.15, 0.2) is 225 Å². The first-order valence-electron chi connectivity index (χ1n) is 24.3. The van der Waals surface area contributed by atoms with Gasteiger partial charge in [-0.05, 0) is 156 Å². The largest absolute Gasteiger partial charge is 0.0990 e. The summed E-state index contributed by atoms with van der Waals surface area (Å²) in [6, 6.07) is 67.0. The molecule has 68 heavy (non-hydrogen) atoms. The Bertz CT molecular complexity index is 2840. The van der Waals surface area contributed by atoms with Gasteiger partial charge in [0.25, 0.3) is 0 Å². The molecular weight excluding hydrogens is 817 g/mol. The Hall–Kier alpha value is -7.28. The number of hydrogen-bond acceptors (Lipinski definition) is 0. The van der Waals surface area contributed by atoms with Crippen molar-refractivity contribution in [3.8, 4) is 44.5 Å². The minimum atomic E-state index is 0.861. The van der Waals surface area contributed by atoms with Crippen molar-refractivity contribution in [3.63, 3.8) is 0 Å². The molecule has 0 spiro atoms. The van der Waals surface area contributed by atoms with Crippen molar-refractivity contribution in [2.75, 3.05) is 0 Å². The van der Waals surface area contributed by atoms with Crippen LogP contribution in [0.4, 0.5) is 0 Å². The van der Waals surface area contributed by atoms with E-state index in [4.69, 9.17) is 0 Å². The van der Waals surface area contributed by atoms with Crippen molar-refractivity contribution in [3.05, 3.63) is 275 Å². The summed E-state index contributed by atoms with van der Waals surface area (Å²) in [7, 11) is 0. The summed E-state index contributed by atoms with van der Waals surface area (Å²) in [5, 5.41) is 0. The second-order valence-electron chi connectivity index (χ2n) is 17.3. The van der Waals surface area contributed by atoms with Crippen LogP contribution >= 0.6 is 0 Å². The lowest BCUT2D eigenvalue weighted by Crippen LogP contribution is -1.99. The number of aryl methyl sites for hydroxylation is 3. The lowest BCUT2D eigenvalue weighted by atomic mass is 9.88. The van der Waals surface area contributed by atoms with E-state index < -0.39 is 0 Å². The first kappa shape index (κ1) is 51.7. The molecule has 0 saturated carbocycles. The third kappa shape index (κ3) is 14.4. The Morgan fingerprint density at radius 1 is 0.485 bits per heavy atom. The molecule has 344 valence electrons. The fourth-order valence-corrected chi connectivity index (χ4v) is 8.37. The molecule has 0 fully saturated rings. The molecule has 0 aromatic heterocycles. The van der Waals surface area contributed by atoms with Gasteiger partial charge in [-0.25, -0.2) is 0 Å². The van der Waals surface area contributed by atoms with Crippen molar-refractivity contribution >= 4 is 11.6 Å². The van der Waals surface area contributed by atoms with E-state index in [1.807, 2.05) is 38.1 Å². The minimum absolute atomic E-state index is 0.861. The SMILES string of the molecule is C=C/C=C(\C=C/CC)c1cccc(C=C(C)C)c1Cc1cccc(-c2ccc(-c3ccccc3)cc2)c1.CC.Cc1ccccc1.Cc1ccccc1-c1ccc(-c2ccccc2C)c(C)c1C. The second kappa shape index (κ2) is 26.8. The molecule has 0 amide bonds. The molecule has 0 heterocycles. The molecule has 0 aliphatic rings. The maximum Gasteiger partial charge on any atom is -0.00134 e. The van der Waals surface area contributed by atoms with Gasteiger partial charge >= 0.3 is 0 Å². The van der Waals surface area contributed by atoms with Crippen LogP contribution in [0.1, 0.15) is 91.1 Å². The fourth-order valence-electron chi connectivity index (χ4n) is 8.37. The minimum Gasteiger partial charge on any atom is -0.0990 e. The van der Waals surface area contributed by atoms with Crippen LogP contribution in [0.5, 0.6) is 0 Å². The normalized spacial score (nSPS) is 10.7. The van der Waals surface area contributed by atoms with Crippen molar-refractivity contribution in [2.24, 2.45) is 0 Å². The first-order chi connectivity index (χ1) is 33.1. The predicted octanol–water partition coefficient (Wildman–Crippen LogP) is 19.8. The third-order valence-electron chi connectivity index (χ3n) is 12.0. The van der Waals surface area contributed by atoms with Crippen molar-refractivity contribution in [1.82, 2.24) is 0 Å². The highest BCUT2D eigenvalue weighted by atomic mass is 14.2. The summed E-state index contributed by atoms with van der Waals surface area (Å²) < 4.78 is 0. The highest BCUT2D eigenvalue weighted by molar-refractivity contribution is 5.81. The fraction of sp³-hybridized carbons (Fsp3) is 0.176. The van der Waals surface area contributed by atoms with Gasteiger partial charge < -0.3 is 0 Å². The maximum atomic E-state index is 3.97. The summed E-state index contributed by atoms with van der Waals surface area (Å²) in [4.78, 5) is 0. The standard InChI is InChI=1S/C37H36.C22H22.C7H8.C2H6/c1-5-7-15-33(13-6-2)36-20-12-19-35(25-28(3)4)37(36)27-29-14-11-18-34(26-29)32-23-21-31(22-24-32)30-16-9-8-10-17-30;1-15-9-5-7-11-19(15)21-13-14-22(18(4)17(21)3)20-12-8-6-10-16(20)2;1-7-5-3-2-4-6-7;1-2/h6-26H,2,5,27H2,1,3-4H3;5-14H,1-4H3;2-6H,1H3;1-2H3/b15-7-,33-13+;;;. The van der Waals surface area contributed by atoms with Crippen LogP contribution in [0.3, 0.4) is 0 Å². The van der Waals surface area contributed by atoms with Gasteiger partial charge in [-0.3, -0.25) is 0 Å². The van der Waals surface area contributed by atoms with Crippen LogP contribution in [-0.4, -0.2) is 0 Å². The highest BCUT2D eigenvalue weighted by Crippen LogP contribution is 2.35. The van der Waals surface area contributed by atoms with Gasteiger partial charge in [0.05, 0.1) is 0 Å². The van der Waals surface area contributed by atoms with Crippen LogP contribution < -0.4 is 0 Å². The highest BCUT2D eigenvalue weighted by Gasteiger charge is 2.14. The zero-order chi connectivity index (χ0) is 48.8. The number of benzene rings is 8. The summed E-state index contributed by atoms with van der Waals surface area (Å²) in [6.07, 6.45) is 12.6. The number of hydrogen-bond donors (Lipinski definition) is 0. The topological polar surface area (TPSA) is 0 Å². The average molecular weight is 889 g/mol. The molecule has 0 atom stereocenters. The van der Waals surface area contributed by atoms with Gasteiger partial charge in [0.15, 0.2) is 0 Å². The van der Waals surface area contributed by atoms with Gasteiger partial charge in [0, 0.05) is 0 Å². The molecule has 0 nitrogen and oxygen atoms in total. The molecule has 8 aromatic carbocycles. The van der Waals surface area contributed by atoms with Crippen LogP contribution in [0.25, 0.3) is 56.2 Å². The summed E-state index contributed by atoms with van der Waals surface area (Å²) >= 11 is 0.